The molecular weight excluding hydrogens is 478 g/mol. The van der Waals surface area contributed by atoms with Crippen LogP contribution in [0.2, 0.25) is 5.02 Å². The molecule has 2 N–H and O–H groups in total. The molecular formula is C29H28ClNO3S. The summed E-state index contributed by atoms with van der Waals surface area (Å²) in [6, 6.07) is 24.4. The standard InChI is InChI=1S/C29H28ClNO3S/c1-2-5-23(19-8-10-21(11-9-19)29(34)31-17-16-27(32)33)28(20-12-14-22(30)15-13-20)25-18-35-26-7-4-3-6-24(25)26/h3-4,6-15,18,23,28H,2,5,16-17H2,1H3,(H,31,34)(H,32,33). The van der Waals surface area contributed by atoms with Gasteiger partial charge in [-0.15, -0.1) is 11.3 Å². The average molecular weight is 506 g/mol. The van der Waals surface area contributed by atoms with Crippen LogP contribution in [0, 0.1) is 0 Å². The molecule has 1 aromatic heterocycles. The fourth-order valence-corrected chi connectivity index (χ4v) is 5.76. The first kappa shape index (κ1) is 25.0. The lowest BCUT2D eigenvalue weighted by Gasteiger charge is -2.28. The highest BCUT2D eigenvalue weighted by Crippen LogP contribution is 2.45. The monoisotopic (exact) mass is 505 g/mol. The molecule has 0 bridgehead atoms. The molecule has 0 radical (unpaired) electrons. The van der Waals surface area contributed by atoms with Crippen molar-refractivity contribution in [2.75, 3.05) is 6.54 Å². The van der Waals surface area contributed by atoms with Gasteiger partial charge in [-0.25, -0.2) is 0 Å². The Labute approximate surface area is 214 Å². The van der Waals surface area contributed by atoms with E-state index in [-0.39, 0.29) is 30.7 Å². The third-order valence-corrected chi connectivity index (χ3v) is 7.54. The molecule has 180 valence electrons. The summed E-state index contributed by atoms with van der Waals surface area (Å²) >= 11 is 7.99. The Morgan fingerprint density at radius 3 is 2.34 bits per heavy atom. The summed E-state index contributed by atoms with van der Waals surface area (Å²) < 4.78 is 1.27. The number of carboxylic acid groups (broad SMARTS) is 1. The Kier molecular flexibility index (Phi) is 8.21. The minimum atomic E-state index is -0.933. The van der Waals surface area contributed by atoms with Crippen molar-refractivity contribution < 1.29 is 14.7 Å². The average Bonchev–Trinajstić information content (AvgIpc) is 3.28. The van der Waals surface area contributed by atoms with Gasteiger partial charge in [-0.3, -0.25) is 9.59 Å². The second kappa shape index (κ2) is 11.5. The summed E-state index contributed by atoms with van der Waals surface area (Å²) in [5.41, 5.74) is 4.22. The maximum Gasteiger partial charge on any atom is 0.305 e. The van der Waals surface area contributed by atoms with Crippen LogP contribution in [0.15, 0.2) is 78.2 Å². The van der Waals surface area contributed by atoms with Gasteiger partial charge in [-0.2, -0.15) is 0 Å². The largest absolute Gasteiger partial charge is 0.481 e. The van der Waals surface area contributed by atoms with Crippen LogP contribution in [0.5, 0.6) is 0 Å². The van der Waals surface area contributed by atoms with Crippen LogP contribution in [0.25, 0.3) is 10.1 Å². The number of hydrogen-bond donors (Lipinski definition) is 2. The van der Waals surface area contributed by atoms with E-state index in [9.17, 15) is 9.59 Å². The van der Waals surface area contributed by atoms with Gasteiger partial charge in [0.05, 0.1) is 6.42 Å². The molecule has 0 fully saturated rings. The molecule has 6 heteroatoms. The number of carboxylic acids is 1. The zero-order chi connectivity index (χ0) is 24.8. The van der Waals surface area contributed by atoms with Crippen molar-refractivity contribution in [3.63, 3.8) is 0 Å². The predicted octanol–water partition coefficient (Wildman–Crippen LogP) is 7.48. The number of rotatable bonds is 10. The van der Waals surface area contributed by atoms with Crippen molar-refractivity contribution in [2.24, 2.45) is 0 Å². The highest BCUT2D eigenvalue weighted by molar-refractivity contribution is 7.17. The van der Waals surface area contributed by atoms with Gasteiger partial charge in [0.1, 0.15) is 0 Å². The fraction of sp³-hybridized carbons (Fsp3) is 0.241. The van der Waals surface area contributed by atoms with Gasteiger partial charge in [0.2, 0.25) is 0 Å². The Morgan fingerprint density at radius 2 is 1.66 bits per heavy atom. The van der Waals surface area contributed by atoms with E-state index in [1.54, 1.807) is 11.3 Å². The van der Waals surface area contributed by atoms with Crippen LogP contribution in [0.4, 0.5) is 0 Å². The smallest absolute Gasteiger partial charge is 0.305 e. The van der Waals surface area contributed by atoms with Crippen LogP contribution in [-0.2, 0) is 4.79 Å². The van der Waals surface area contributed by atoms with Gasteiger partial charge in [0, 0.05) is 27.7 Å². The SMILES string of the molecule is CCCC(c1ccc(C(=O)NCCC(=O)O)cc1)C(c1ccc(Cl)cc1)c1csc2ccccc12. The number of thiophene rings is 1. The summed E-state index contributed by atoms with van der Waals surface area (Å²) in [6.07, 6.45) is 1.91. The van der Waals surface area contributed by atoms with Gasteiger partial charge < -0.3 is 10.4 Å². The molecule has 0 saturated carbocycles. The lowest BCUT2D eigenvalue weighted by molar-refractivity contribution is -0.136. The molecule has 2 atom stereocenters. The van der Waals surface area contributed by atoms with Crippen LogP contribution in [0.3, 0.4) is 0 Å². The third kappa shape index (κ3) is 5.92. The van der Waals surface area contributed by atoms with Crippen LogP contribution in [0.1, 0.15) is 65.1 Å². The minimum Gasteiger partial charge on any atom is -0.481 e. The molecule has 2 unspecified atom stereocenters. The lowest BCUT2D eigenvalue weighted by Crippen LogP contribution is -2.26. The van der Waals surface area contributed by atoms with E-state index in [0.29, 0.717) is 10.6 Å². The molecule has 1 amide bonds. The van der Waals surface area contributed by atoms with Crippen molar-refractivity contribution in [3.05, 3.63) is 105 Å². The van der Waals surface area contributed by atoms with E-state index in [2.05, 4.69) is 54.0 Å². The normalized spacial score (nSPS) is 12.9. The van der Waals surface area contributed by atoms with E-state index in [4.69, 9.17) is 16.7 Å². The van der Waals surface area contributed by atoms with Crippen LogP contribution in [-0.4, -0.2) is 23.5 Å². The zero-order valence-electron chi connectivity index (χ0n) is 19.5. The lowest BCUT2D eigenvalue weighted by atomic mass is 9.75. The number of hydrogen-bond acceptors (Lipinski definition) is 3. The van der Waals surface area contributed by atoms with Gasteiger partial charge in [0.25, 0.3) is 5.91 Å². The van der Waals surface area contributed by atoms with E-state index in [1.807, 2.05) is 36.4 Å². The second-order valence-electron chi connectivity index (χ2n) is 8.63. The minimum absolute atomic E-state index is 0.0975. The molecule has 0 aliphatic carbocycles. The highest BCUT2D eigenvalue weighted by Gasteiger charge is 2.28. The number of nitrogens with one attached hydrogen (secondary N) is 1. The summed E-state index contributed by atoms with van der Waals surface area (Å²) in [7, 11) is 0. The molecule has 0 spiro atoms. The zero-order valence-corrected chi connectivity index (χ0v) is 21.1. The van der Waals surface area contributed by atoms with Gasteiger partial charge in [-0.05, 0) is 70.1 Å². The van der Waals surface area contributed by atoms with E-state index >= 15 is 0 Å². The van der Waals surface area contributed by atoms with Crippen molar-refractivity contribution in [1.82, 2.24) is 5.32 Å². The van der Waals surface area contributed by atoms with Gasteiger partial charge in [-0.1, -0.05) is 67.4 Å². The predicted molar refractivity (Wildman–Crippen MR) is 144 cm³/mol. The number of fused-ring (bicyclic) bond motifs is 1. The van der Waals surface area contributed by atoms with Crippen molar-refractivity contribution >= 4 is 44.9 Å². The molecule has 1 heterocycles. The van der Waals surface area contributed by atoms with E-state index in [0.717, 1.165) is 12.8 Å². The summed E-state index contributed by atoms with van der Waals surface area (Å²) in [6.45, 7) is 2.31. The molecule has 0 saturated heterocycles. The summed E-state index contributed by atoms with van der Waals surface area (Å²) in [5, 5.41) is 15.7. The molecule has 4 rings (SSSR count). The topological polar surface area (TPSA) is 66.4 Å². The van der Waals surface area contributed by atoms with Crippen LogP contribution >= 0.6 is 22.9 Å². The molecule has 4 aromatic rings. The molecule has 3 aromatic carbocycles. The van der Waals surface area contributed by atoms with E-state index in [1.165, 1.54) is 26.8 Å². The Hall–Kier alpha value is -3.15. The summed E-state index contributed by atoms with van der Waals surface area (Å²) in [4.78, 5) is 23.2. The van der Waals surface area contributed by atoms with Crippen molar-refractivity contribution in [2.45, 2.75) is 38.0 Å². The molecule has 0 aliphatic rings. The van der Waals surface area contributed by atoms with Gasteiger partial charge >= 0.3 is 5.97 Å². The van der Waals surface area contributed by atoms with E-state index < -0.39 is 5.97 Å². The molecule has 0 aliphatic heterocycles. The number of amides is 1. The number of halogens is 1. The Bertz CT molecular complexity index is 1300. The first-order chi connectivity index (χ1) is 17.0. The van der Waals surface area contributed by atoms with Gasteiger partial charge in [0.15, 0.2) is 0 Å². The second-order valence-corrected chi connectivity index (χ2v) is 9.98. The number of aliphatic carboxylic acids is 1. The first-order valence-corrected chi connectivity index (χ1v) is 13.0. The number of carbonyl (C=O) groups is 2. The number of benzene rings is 3. The van der Waals surface area contributed by atoms with Crippen molar-refractivity contribution in [1.29, 1.82) is 0 Å². The maximum absolute atomic E-state index is 12.4. The first-order valence-electron chi connectivity index (χ1n) is 11.8. The fourth-order valence-electron chi connectivity index (χ4n) is 4.64. The highest BCUT2D eigenvalue weighted by atomic mass is 35.5. The third-order valence-electron chi connectivity index (χ3n) is 6.30. The quantitative estimate of drug-likeness (QED) is 0.235. The summed E-state index contributed by atoms with van der Waals surface area (Å²) in [5.74, 6) is -0.845. The maximum atomic E-state index is 12.4. The Balaban J connectivity index is 1.71. The van der Waals surface area contributed by atoms with Crippen LogP contribution < -0.4 is 5.32 Å². The molecule has 35 heavy (non-hydrogen) atoms. The molecule has 4 nitrogen and oxygen atoms in total. The Morgan fingerprint density at radius 1 is 0.971 bits per heavy atom. The number of carbonyl (C=O) groups excluding carboxylic acids is 1. The van der Waals surface area contributed by atoms with Crippen molar-refractivity contribution in [3.8, 4) is 0 Å².